The molecule has 0 fully saturated rings. The largest absolute Gasteiger partial charge is 0.416 e. The fraction of sp³-hybridized carbons (Fsp3) is 0.278. The molecule has 0 spiro atoms. The van der Waals surface area contributed by atoms with Crippen molar-refractivity contribution in [2.24, 2.45) is 0 Å². The average molecular weight is 386 g/mol. The lowest BCUT2D eigenvalue weighted by atomic mass is 9.83. The van der Waals surface area contributed by atoms with Crippen molar-refractivity contribution in [3.8, 4) is 0 Å². The van der Waals surface area contributed by atoms with Crippen LogP contribution in [0.1, 0.15) is 22.6 Å². The first-order valence-electron chi connectivity index (χ1n) is 7.79. The van der Waals surface area contributed by atoms with Crippen LogP contribution in [0.4, 0.5) is 13.2 Å². The van der Waals surface area contributed by atoms with Crippen LogP contribution in [0.15, 0.2) is 47.3 Å². The molecule has 3 N–H and O–H groups in total. The molecule has 8 heteroatoms. The van der Waals surface area contributed by atoms with E-state index in [9.17, 15) is 28.2 Å². The highest BCUT2D eigenvalue weighted by Crippen LogP contribution is 2.41. The first kappa shape index (κ1) is 18.7. The van der Waals surface area contributed by atoms with Crippen LogP contribution in [-0.4, -0.2) is 26.9 Å². The van der Waals surface area contributed by atoms with Crippen LogP contribution in [0.25, 0.3) is 10.9 Å². The summed E-state index contributed by atoms with van der Waals surface area (Å²) >= 11 is 6.15. The van der Waals surface area contributed by atoms with E-state index in [1.54, 1.807) is 6.08 Å². The van der Waals surface area contributed by atoms with Crippen molar-refractivity contribution in [3.63, 3.8) is 0 Å². The maximum absolute atomic E-state index is 13.2. The number of H-pyrrole nitrogens is 1. The van der Waals surface area contributed by atoms with Gasteiger partial charge >= 0.3 is 6.18 Å². The molecule has 0 saturated heterocycles. The second-order valence-electron chi connectivity index (χ2n) is 6.03. The van der Waals surface area contributed by atoms with Crippen LogP contribution in [-0.2, 0) is 12.6 Å². The van der Waals surface area contributed by atoms with Gasteiger partial charge in [0, 0.05) is 29.5 Å². The SMILES string of the molecule is O=c1[nH]c2ccc(C(F)(F)F)cc2c(C2C=CC=CC2(O)Cl)c1CCO. The van der Waals surface area contributed by atoms with E-state index in [-0.39, 0.29) is 35.1 Å². The molecule has 0 radical (unpaired) electrons. The molecule has 0 amide bonds. The number of aliphatic hydroxyl groups excluding tert-OH is 1. The summed E-state index contributed by atoms with van der Waals surface area (Å²) in [6.07, 6.45) is 1.25. The minimum absolute atomic E-state index is 0.0854. The Bertz CT molecular complexity index is 961. The monoisotopic (exact) mass is 385 g/mol. The van der Waals surface area contributed by atoms with Gasteiger partial charge in [-0.15, -0.1) is 0 Å². The van der Waals surface area contributed by atoms with Crippen molar-refractivity contribution < 1.29 is 23.4 Å². The molecule has 1 aromatic carbocycles. The second kappa shape index (κ2) is 6.57. The number of fused-ring (bicyclic) bond motifs is 1. The zero-order chi connectivity index (χ0) is 19.1. The van der Waals surface area contributed by atoms with Gasteiger partial charge in [0.25, 0.3) is 5.56 Å². The van der Waals surface area contributed by atoms with Crippen molar-refractivity contribution >= 4 is 22.5 Å². The molecule has 2 atom stereocenters. The fourth-order valence-corrected chi connectivity index (χ4v) is 3.41. The molecule has 138 valence electrons. The Morgan fingerprint density at radius 3 is 2.62 bits per heavy atom. The molecule has 1 aliphatic carbocycles. The van der Waals surface area contributed by atoms with Crippen molar-refractivity contribution in [3.05, 3.63) is 69.5 Å². The van der Waals surface area contributed by atoms with E-state index in [1.165, 1.54) is 24.3 Å². The minimum atomic E-state index is -4.57. The number of nitrogens with one attached hydrogen (secondary N) is 1. The van der Waals surface area contributed by atoms with Gasteiger partial charge in [0.05, 0.1) is 11.5 Å². The number of alkyl halides is 4. The number of aromatic amines is 1. The van der Waals surface area contributed by atoms with E-state index < -0.39 is 28.3 Å². The number of benzene rings is 1. The van der Waals surface area contributed by atoms with Crippen LogP contribution in [0.3, 0.4) is 0 Å². The Morgan fingerprint density at radius 2 is 2.00 bits per heavy atom. The van der Waals surface area contributed by atoms with Crippen LogP contribution < -0.4 is 5.56 Å². The molecule has 0 bridgehead atoms. The van der Waals surface area contributed by atoms with Gasteiger partial charge < -0.3 is 15.2 Å². The Hall–Kier alpha value is -2.09. The van der Waals surface area contributed by atoms with Gasteiger partial charge in [-0.1, -0.05) is 29.8 Å². The van der Waals surface area contributed by atoms with Gasteiger partial charge in [0.2, 0.25) is 0 Å². The molecule has 2 unspecified atom stereocenters. The maximum Gasteiger partial charge on any atom is 0.416 e. The molecule has 0 saturated carbocycles. The van der Waals surface area contributed by atoms with Gasteiger partial charge in [0.1, 0.15) is 0 Å². The van der Waals surface area contributed by atoms with E-state index in [0.717, 1.165) is 12.1 Å². The molecule has 4 nitrogen and oxygen atoms in total. The van der Waals surface area contributed by atoms with Crippen molar-refractivity contribution in [1.29, 1.82) is 0 Å². The molecule has 3 rings (SSSR count). The third kappa shape index (κ3) is 3.30. The summed E-state index contributed by atoms with van der Waals surface area (Å²) in [4.78, 5) is 15.0. The normalized spacial score (nSPS) is 22.9. The summed E-state index contributed by atoms with van der Waals surface area (Å²) in [5.74, 6) is -0.955. The summed E-state index contributed by atoms with van der Waals surface area (Å²) in [5.41, 5.74) is -0.987. The van der Waals surface area contributed by atoms with E-state index in [1.807, 2.05) is 0 Å². The smallest absolute Gasteiger partial charge is 0.396 e. The summed E-state index contributed by atoms with van der Waals surface area (Å²) in [6.45, 7) is -0.381. The van der Waals surface area contributed by atoms with Gasteiger partial charge in [-0.3, -0.25) is 4.79 Å². The highest BCUT2D eigenvalue weighted by atomic mass is 35.5. The van der Waals surface area contributed by atoms with Gasteiger partial charge in [-0.05, 0) is 29.8 Å². The van der Waals surface area contributed by atoms with Crippen molar-refractivity contribution in [2.75, 3.05) is 6.61 Å². The molecular formula is C18H15ClF3NO3. The maximum atomic E-state index is 13.2. The fourth-order valence-electron chi connectivity index (χ4n) is 3.15. The number of hydrogen-bond donors (Lipinski definition) is 3. The van der Waals surface area contributed by atoms with E-state index >= 15 is 0 Å². The number of aliphatic hydroxyl groups is 2. The Labute approximate surface area is 151 Å². The van der Waals surface area contributed by atoms with E-state index in [2.05, 4.69) is 4.98 Å². The lowest BCUT2D eigenvalue weighted by Gasteiger charge is -2.30. The predicted molar refractivity (Wildman–Crippen MR) is 92.2 cm³/mol. The van der Waals surface area contributed by atoms with E-state index in [4.69, 9.17) is 11.6 Å². The molecule has 1 aromatic heterocycles. The Balaban J connectivity index is 2.39. The Morgan fingerprint density at radius 1 is 1.27 bits per heavy atom. The molecular weight excluding hydrogens is 371 g/mol. The number of rotatable bonds is 3. The van der Waals surface area contributed by atoms with Crippen LogP contribution in [0.2, 0.25) is 0 Å². The first-order valence-corrected chi connectivity index (χ1v) is 8.17. The molecule has 0 aliphatic heterocycles. The summed E-state index contributed by atoms with van der Waals surface area (Å²) in [6, 6.07) is 2.96. The van der Waals surface area contributed by atoms with Gasteiger partial charge in [-0.25, -0.2) is 0 Å². The molecule has 2 aromatic rings. The van der Waals surface area contributed by atoms with Crippen LogP contribution >= 0.6 is 11.6 Å². The van der Waals surface area contributed by atoms with Crippen molar-refractivity contribution in [1.82, 2.24) is 4.98 Å². The molecule has 26 heavy (non-hydrogen) atoms. The van der Waals surface area contributed by atoms with Crippen LogP contribution in [0, 0.1) is 0 Å². The summed E-state index contributed by atoms with van der Waals surface area (Å²) in [5, 5.41) is 18.0. The quantitative estimate of drug-likeness (QED) is 0.710. The van der Waals surface area contributed by atoms with Gasteiger partial charge in [-0.2, -0.15) is 13.2 Å². The second-order valence-corrected chi connectivity index (χ2v) is 6.63. The summed E-state index contributed by atoms with van der Waals surface area (Å²) in [7, 11) is 0. The Kier molecular flexibility index (Phi) is 4.72. The number of halogens is 4. The third-order valence-electron chi connectivity index (χ3n) is 4.34. The molecule has 1 heterocycles. The number of pyridine rings is 1. The molecule has 1 aliphatic rings. The van der Waals surface area contributed by atoms with E-state index in [0.29, 0.717) is 0 Å². The van der Waals surface area contributed by atoms with Gasteiger partial charge in [0.15, 0.2) is 5.06 Å². The number of hydrogen-bond acceptors (Lipinski definition) is 3. The average Bonchev–Trinajstić information content (AvgIpc) is 2.55. The standard InChI is InChI=1S/C18H15ClF3NO3/c19-17(26)7-2-1-3-13(17)15-11(6-8-24)16(25)23-14-5-4-10(9-12(14)15)18(20,21)22/h1-5,7,9,13,24,26H,6,8H2,(H,23,25). The summed E-state index contributed by atoms with van der Waals surface area (Å²) < 4.78 is 39.5. The topological polar surface area (TPSA) is 73.3 Å². The van der Waals surface area contributed by atoms with Crippen LogP contribution in [0.5, 0.6) is 0 Å². The zero-order valence-corrected chi connectivity index (χ0v) is 14.1. The first-order chi connectivity index (χ1) is 12.1. The lowest BCUT2D eigenvalue weighted by molar-refractivity contribution is -0.137. The third-order valence-corrected chi connectivity index (χ3v) is 4.70. The highest BCUT2D eigenvalue weighted by molar-refractivity contribution is 6.25. The number of aromatic nitrogens is 1. The zero-order valence-electron chi connectivity index (χ0n) is 13.3. The minimum Gasteiger partial charge on any atom is -0.396 e. The van der Waals surface area contributed by atoms with Crippen molar-refractivity contribution in [2.45, 2.75) is 23.6 Å². The number of allylic oxidation sites excluding steroid dienone is 2. The predicted octanol–water partition coefficient (Wildman–Crippen LogP) is 3.22. The lowest BCUT2D eigenvalue weighted by Crippen LogP contribution is -2.31. The highest BCUT2D eigenvalue weighted by Gasteiger charge is 2.37.